The van der Waals surface area contributed by atoms with Gasteiger partial charge in [0.15, 0.2) is 0 Å². The van der Waals surface area contributed by atoms with Crippen LogP contribution in [0.1, 0.15) is 17.9 Å². The molecule has 0 aliphatic carbocycles. The van der Waals surface area contributed by atoms with E-state index in [0.717, 1.165) is 4.68 Å². The van der Waals surface area contributed by atoms with E-state index in [0.29, 0.717) is 5.56 Å². The smallest absolute Gasteiger partial charge is 0.294 e. The Hall–Kier alpha value is -1.33. The van der Waals surface area contributed by atoms with E-state index in [9.17, 15) is 17.8 Å². The van der Waals surface area contributed by atoms with Gasteiger partial charge in [-0.3, -0.25) is 4.55 Å². The Balaban J connectivity index is 2.56. The van der Waals surface area contributed by atoms with E-state index in [4.69, 9.17) is 27.8 Å². The molecule has 2 rings (SSSR count). The number of hydrogen-bond acceptors (Lipinski definition) is 3. The topological polar surface area (TPSA) is 89.2 Å². The maximum Gasteiger partial charge on any atom is 0.355 e. The van der Waals surface area contributed by atoms with E-state index in [2.05, 4.69) is 9.82 Å². The first-order valence-corrected chi connectivity index (χ1v) is 7.87. The first-order chi connectivity index (χ1) is 10.7. The zero-order valence-corrected chi connectivity index (χ0v) is 13.8. The van der Waals surface area contributed by atoms with Gasteiger partial charge in [0.2, 0.25) is 11.3 Å². The van der Waals surface area contributed by atoms with Crippen LogP contribution in [-0.2, 0) is 17.8 Å². The van der Waals surface area contributed by atoms with Crippen molar-refractivity contribution >= 4 is 34.5 Å². The number of nitrogens with one attached hydrogen (secondary N) is 1. The Morgan fingerprint density at radius 2 is 2.04 bits per heavy atom. The van der Waals surface area contributed by atoms with Gasteiger partial charge in [-0.25, -0.2) is 18.3 Å². The standard InChI is InChI=1S/C11H10Cl2F2N4O3S/c1-5-17-19(11(20)18(5)10(14)15)9-2-6(4-16-23(21)22)7(12)3-8(9)13/h2-3,10,16H,4H2,1H3,(H,21,22). The third-order valence-corrected chi connectivity index (χ3v) is 3.95. The molecule has 0 amide bonds. The summed E-state index contributed by atoms with van der Waals surface area (Å²) in [5.41, 5.74) is -0.694. The summed E-state index contributed by atoms with van der Waals surface area (Å²) in [6.45, 7) is -1.89. The molecular formula is C11H10Cl2F2N4O3S. The lowest BCUT2D eigenvalue weighted by molar-refractivity contribution is 0.0640. The highest BCUT2D eigenvalue weighted by molar-refractivity contribution is 7.77. The summed E-state index contributed by atoms with van der Waals surface area (Å²) in [5, 5.41) is 3.95. The van der Waals surface area contributed by atoms with Crippen molar-refractivity contribution in [2.75, 3.05) is 0 Å². The Labute approximate surface area is 141 Å². The summed E-state index contributed by atoms with van der Waals surface area (Å²) in [4.78, 5) is 12.0. The van der Waals surface area contributed by atoms with Gasteiger partial charge < -0.3 is 0 Å². The summed E-state index contributed by atoms with van der Waals surface area (Å²) in [6, 6.07) is 2.62. The number of alkyl halides is 2. The predicted octanol–water partition coefficient (Wildman–Crippen LogP) is 2.27. The lowest BCUT2D eigenvalue weighted by Crippen LogP contribution is -2.25. The fraction of sp³-hybridized carbons (Fsp3) is 0.273. The number of aryl methyl sites for hydroxylation is 1. The van der Waals surface area contributed by atoms with Crippen molar-refractivity contribution in [2.24, 2.45) is 0 Å². The third-order valence-electron chi connectivity index (χ3n) is 2.91. The van der Waals surface area contributed by atoms with E-state index in [1.165, 1.54) is 19.1 Å². The molecule has 1 heterocycles. The van der Waals surface area contributed by atoms with Gasteiger partial charge in [0.05, 0.1) is 10.7 Å². The van der Waals surface area contributed by atoms with Crippen molar-refractivity contribution in [3.63, 3.8) is 0 Å². The van der Waals surface area contributed by atoms with E-state index in [-0.39, 0.29) is 32.7 Å². The second-order valence-corrected chi connectivity index (χ2v) is 5.96. The lowest BCUT2D eigenvalue weighted by Gasteiger charge is -2.09. The average Bonchev–Trinajstić information content (AvgIpc) is 2.72. The van der Waals surface area contributed by atoms with Crippen LogP contribution in [0.15, 0.2) is 16.9 Å². The van der Waals surface area contributed by atoms with Crippen molar-refractivity contribution in [3.05, 3.63) is 44.1 Å². The van der Waals surface area contributed by atoms with Gasteiger partial charge in [0, 0.05) is 11.6 Å². The summed E-state index contributed by atoms with van der Waals surface area (Å²) in [6.07, 6.45) is 0. The molecule has 0 spiro atoms. The average molecular weight is 387 g/mol. The van der Waals surface area contributed by atoms with Gasteiger partial charge in [-0.2, -0.15) is 13.5 Å². The van der Waals surface area contributed by atoms with Crippen LogP contribution in [0.2, 0.25) is 10.0 Å². The zero-order chi connectivity index (χ0) is 17.3. The highest BCUT2D eigenvalue weighted by Crippen LogP contribution is 2.27. The Morgan fingerprint density at radius 3 is 2.57 bits per heavy atom. The molecule has 1 aromatic carbocycles. The number of aromatic nitrogens is 3. The Kier molecular flexibility index (Phi) is 5.53. The molecule has 23 heavy (non-hydrogen) atoms. The number of halogens is 4. The number of hydrogen-bond donors (Lipinski definition) is 2. The minimum atomic E-state index is -3.04. The fourth-order valence-electron chi connectivity index (χ4n) is 1.88. The van der Waals surface area contributed by atoms with Crippen molar-refractivity contribution in [2.45, 2.75) is 20.0 Å². The third kappa shape index (κ3) is 3.78. The van der Waals surface area contributed by atoms with Crippen LogP contribution in [0.5, 0.6) is 0 Å². The van der Waals surface area contributed by atoms with Crippen molar-refractivity contribution in [1.82, 2.24) is 19.1 Å². The number of benzene rings is 1. The van der Waals surface area contributed by atoms with Gasteiger partial charge in [-0.1, -0.05) is 23.2 Å². The summed E-state index contributed by atoms with van der Waals surface area (Å²) in [5.74, 6) is -0.188. The molecule has 7 nitrogen and oxygen atoms in total. The quantitative estimate of drug-likeness (QED) is 0.771. The van der Waals surface area contributed by atoms with Crippen LogP contribution in [0.4, 0.5) is 8.78 Å². The molecular weight excluding hydrogens is 377 g/mol. The molecule has 0 aliphatic rings. The molecule has 1 atom stereocenters. The molecule has 0 aliphatic heterocycles. The van der Waals surface area contributed by atoms with Gasteiger partial charge in [-0.05, 0) is 24.6 Å². The van der Waals surface area contributed by atoms with Gasteiger partial charge in [-0.15, -0.1) is 5.10 Å². The first kappa shape index (κ1) is 18.0. The fourth-order valence-corrected chi connectivity index (χ4v) is 2.68. The van der Waals surface area contributed by atoms with Crippen LogP contribution in [0.25, 0.3) is 5.69 Å². The molecule has 12 heteroatoms. The van der Waals surface area contributed by atoms with E-state index in [1.807, 2.05) is 0 Å². The van der Waals surface area contributed by atoms with Gasteiger partial charge >= 0.3 is 12.2 Å². The lowest BCUT2D eigenvalue weighted by atomic mass is 10.2. The molecule has 0 saturated carbocycles. The molecule has 2 N–H and O–H groups in total. The largest absolute Gasteiger partial charge is 0.355 e. The number of nitrogens with zero attached hydrogens (tertiary/aromatic N) is 3. The second-order valence-electron chi connectivity index (χ2n) is 4.35. The monoisotopic (exact) mass is 386 g/mol. The Bertz CT molecular complexity index is 824. The SMILES string of the molecule is Cc1nn(-c2cc(CNS(=O)O)c(Cl)cc2Cl)c(=O)n1C(F)F. The summed E-state index contributed by atoms with van der Waals surface area (Å²) in [7, 11) is 0. The highest BCUT2D eigenvalue weighted by Gasteiger charge is 2.20. The second kappa shape index (κ2) is 7.05. The molecule has 0 fully saturated rings. The van der Waals surface area contributed by atoms with Crippen LogP contribution in [0.3, 0.4) is 0 Å². The first-order valence-electron chi connectivity index (χ1n) is 6.01. The predicted molar refractivity (Wildman–Crippen MR) is 81.4 cm³/mol. The minimum absolute atomic E-state index is 0.0184. The van der Waals surface area contributed by atoms with Crippen LogP contribution in [0, 0.1) is 6.92 Å². The molecule has 0 saturated heterocycles. The number of rotatable bonds is 5. The van der Waals surface area contributed by atoms with Crippen molar-refractivity contribution < 1.29 is 17.5 Å². The van der Waals surface area contributed by atoms with E-state index in [1.54, 1.807) is 0 Å². The van der Waals surface area contributed by atoms with Crippen LogP contribution in [-0.4, -0.2) is 23.1 Å². The van der Waals surface area contributed by atoms with Crippen molar-refractivity contribution in [1.29, 1.82) is 0 Å². The molecule has 126 valence electrons. The van der Waals surface area contributed by atoms with Crippen molar-refractivity contribution in [3.8, 4) is 5.69 Å². The van der Waals surface area contributed by atoms with Crippen LogP contribution >= 0.6 is 23.2 Å². The molecule has 1 unspecified atom stereocenters. The summed E-state index contributed by atoms with van der Waals surface area (Å²) >= 11 is 9.69. The molecule has 0 radical (unpaired) electrons. The Morgan fingerprint density at radius 1 is 1.39 bits per heavy atom. The summed E-state index contributed by atoms with van der Waals surface area (Å²) < 4.78 is 48.3. The minimum Gasteiger partial charge on any atom is -0.294 e. The molecule has 1 aromatic heterocycles. The maximum atomic E-state index is 12.9. The maximum absolute atomic E-state index is 12.9. The normalized spacial score (nSPS) is 12.8. The van der Waals surface area contributed by atoms with Gasteiger partial charge in [0.1, 0.15) is 5.82 Å². The molecule has 0 bridgehead atoms. The zero-order valence-electron chi connectivity index (χ0n) is 11.5. The van der Waals surface area contributed by atoms with E-state index >= 15 is 0 Å². The molecule has 2 aromatic rings. The van der Waals surface area contributed by atoms with Gasteiger partial charge in [0.25, 0.3) is 0 Å². The van der Waals surface area contributed by atoms with Crippen LogP contribution < -0.4 is 10.4 Å². The highest BCUT2D eigenvalue weighted by atomic mass is 35.5. The van der Waals surface area contributed by atoms with E-state index < -0.39 is 23.5 Å².